The first-order valence-electron chi connectivity index (χ1n) is 6.25. The third-order valence-corrected chi connectivity index (χ3v) is 4.61. The molecule has 0 spiro atoms. The lowest BCUT2D eigenvalue weighted by Gasteiger charge is -2.31. The molecule has 18 heavy (non-hydrogen) atoms. The van der Waals surface area contributed by atoms with Crippen molar-refractivity contribution in [3.63, 3.8) is 0 Å². The van der Waals surface area contributed by atoms with Gasteiger partial charge < -0.3 is 0 Å². The van der Waals surface area contributed by atoms with E-state index in [-0.39, 0.29) is 5.56 Å². The Hall–Kier alpha value is -1.05. The molecule has 1 heterocycles. The molecule has 1 atom stereocenters. The Morgan fingerprint density at radius 1 is 1.56 bits per heavy atom. The summed E-state index contributed by atoms with van der Waals surface area (Å²) in [6.45, 7) is 5.18. The summed E-state index contributed by atoms with van der Waals surface area (Å²) in [4.78, 5) is 2.39. The number of hydrogen-bond donors (Lipinski definition) is 0. The van der Waals surface area contributed by atoms with E-state index in [4.69, 9.17) is 5.26 Å². The second-order valence-corrected chi connectivity index (χ2v) is 5.97. The molecule has 96 valence electrons. The van der Waals surface area contributed by atoms with Crippen LogP contribution in [0, 0.1) is 17.1 Å². The maximum Gasteiger partial charge on any atom is 0.140 e. The molecule has 4 heteroatoms. The van der Waals surface area contributed by atoms with Crippen molar-refractivity contribution in [3.05, 3.63) is 35.1 Å². The molecular formula is C14H17FN2S. The number of halogens is 1. The molecule has 1 saturated heterocycles. The van der Waals surface area contributed by atoms with Crippen molar-refractivity contribution in [1.29, 1.82) is 5.26 Å². The lowest BCUT2D eigenvalue weighted by molar-refractivity contribution is 0.273. The number of thioether (sulfide) groups is 1. The van der Waals surface area contributed by atoms with Gasteiger partial charge in [0.25, 0.3) is 0 Å². The molecule has 2 nitrogen and oxygen atoms in total. The monoisotopic (exact) mass is 264 g/mol. The standard InChI is InChI=1S/C14H17FN2S/c1-2-13-10-17(5-6-18-13)9-11-3-4-14(15)12(7-11)8-16/h3-4,7,13H,2,5-6,9-10H2,1H3. The molecule has 1 unspecified atom stereocenters. The van der Waals surface area contributed by atoms with Crippen LogP contribution < -0.4 is 0 Å². The second-order valence-electron chi connectivity index (χ2n) is 4.56. The Morgan fingerprint density at radius 3 is 3.11 bits per heavy atom. The number of nitrogens with zero attached hydrogens (tertiary/aromatic N) is 2. The summed E-state index contributed by atoms with van der Waals surface area (Å²) in [6, 6.07) is 6.73. The van der Waals surface area contributed by atoms with Gasteiger partial charge in [-0.05, 0) is 24.1 Å². The van der Waals surface area contributed by atoms with Crippen molar-refractivity contribution in [2.45, 2.75) is 25.1 Å². The van der Waals surface area contributed by atoms with Crippen molar-refractivity contribution < 1.29 is 4.39 Å². The molecule has 1 aliphatic heterocycles. The predicted octanol–water partition coefficient (Wildman–Crippen LogP) is 3.02. The van der Waals surface area contributed by atoms with Gasteiger partial charge in [0.15, 0.2) is 0 Å². The van der Waals surface area contributed by atoms with Gasteiger partial charge in [-0.25, -0.2) is 4.39 Å². The minimum absolute atomic E-state index is 0.144. The van der Waals surface area contributed by atoms with E-state index in [1.54, 1.807) is 12.1 Å². The minimum Gasteiger partial charge on any atom is -0.297 e. The van der Waals surface area contributed by atoms with Crippen LogP contribution in [0.4, 0.5) is 4.39 Å². The lowest BCUT2D eigenvalue weighted by atomic mass is 10.1. The molecule has 1 fully saturated rings. The van der Waals surface area contributed by atoms with Crippen LogP contribution in [0.2, 0.25) is 0 Å². The topological polar surface area (TPSA) is 27.0 Å². The number of benzene rings is 1. The Kier molecular flexibility index (Phi) is 4.62. The molecule has 1 aromatic rings. The zero-order valence-electron chi connectivity index (χ0n) is 10.5. The fourth-order valence-electron chi connectivity index (χ4n) is 2.19. The second kappa shape index (κ2) is 6.21. The van der Waals surface area contributed by atoms with Crippen LogP contribution in [0.5, 0.6) is 0 Å². The molecule has 1 aromatic carbocycles. The van der Waals surface area contributed by atoms with Crippen LogP contribution >= 0.6 is 11.8 Å². The van der Waals surface area contributed by atoms with E-state index < -0.39 is 5.82 Å². The average Bonchev–Trinajstić information content (AvgIpc) is 2.41. The highest BCUT2D eigenvalue weighted by molar-refractivity contribution is 8.00. The van der Waals surface area contributed by atoms with Gasteiger partial charge in [-0.3, -0.25) is 4.90 Å². The maximum atomic E-state index is 13.2. The summed E-state index contributed by atoms with van der Waals surface area (Å²) >= 11 is 2.03. The van der Waals surface area contributed by atoms with Crippen LogP contribution in [0.15, 0.2) is 18.2 Å². The molecule has 0 N–H and O–H groups in total. The summed E-state index contributed by atoms with van der Waals surface area (Å²) in [5.74, 6) is 0.729. The van der Waals surface area contributed by atoms with E-state index in [0.29, 0.717) is 5.25 Å². The van der Waals surface area contributed by atoms with E-state index in [9.17, 15) is 4.39 Å². The predicted molar refractivity (Wildman–Crippen MR) is 72.9 cm³/mol. The zero-order valence-corrected chi connectivity index (χ0v) is 11.3. The Labute approximate surface area is 112 Å². The van der Waals surface area contributed by atoms with E-state index in [2.05, 4.69) is 11.8 Å². The highest BCUT2D eigenvalue weighted by Crippen LogP contribution is 2.22. The summed E-state index contributed by atoms with van der Waals surface area (Å²) in [5, 5.41) is 9.53. The quantitative estimate of drug-likeness (QED) is 0.839. The fraction of sp³-hybridized carbons (Fsp3) is 0.500. The van der Waals surface area contributed by atoms with E-state index in [1.165, 1.54) is 12.5 Å². The molecule has 0 aromatic heterocycles. The van der Waals surface area contributed by atoms with Crippen LogP contribution in [-0.2, 0) is 6.54 Å². The first kappa shape index (κ1) is 13.4. The third-order valence-electron chi connectivity index (χ3n) is 3.24. The van der Waals surface area contributed by atoms with Crippen molar-refractivity contribution in [2.24, 2.45) is 0 Å². The number of rotatable bonds is 3. The van der Waals surface area contributed by atoms with Crippen molar-refractivity contribution in [2.75, 3.05) is 18.8 Å². The Bertz CT molecular complexity index is 456. The number of hydrogen-bond acceptors (Lipinski definition) is 3. The van der Waals surface area contributed by atoms with Crippen molar-refractivity contribution in [1.82, 2.24) is 4.90 Å². The third kappa shape index (κ3) is 3.24. The molecule has 0 bridgehead atoms. The highest BCUT2D eigenvalue weighted by atomic mass is 32.2. The van der Waals surface area contributed by atoms with E-state index >= 15 is 0 Å². The van der Waals surface area contributed by atoms with Gasteiger partial charge in [0.1, 0.15) is 11.9 Å². The summed E-state index contributed by atoms with van der Waals surface area (Å²) in [5.41, 5.74) is 1.17. The van der Waals surface area contributed by atoms with Crippen LogP contribution in [0.25, 0.3) is 0 Å². The largest absolute Gasteiger partial charge is 0.297 e. The van der Waals surface area contributed by atoms with Crippen molar-refractivity contribution >= 4 is 11.8 Å². The fourth-order valence-corrected chi connectivity index (χ4v) is 3.43. The molecule has 1 aliphatic rings. The van der Waals surface area contributed by atoms with Gasteiger partial charge in [0, 0.05) is 30.6 Å². The first-order chi connectivity index (χ1) is 8.72. The Balaban J connectivity index is 2.03. The molecule has 2 rings (SSSR count). The first-order valence-corrected chi connectivity index (χ1v) is 7.30. The normalized spacial score (nSPS) is 20.6. The maximum absolute atomic E-state index is 13.2. The van der Waals surface area contributed by atoms with Gasteiger partial charge in [0.05, 0.1) is 5.56 Å². The van der Waals surface area contributed by atoms with Gasteiger partial charge in [-0.1, -0.05) is 13.0 Å². The van der Waals surface area contributed by atoms with Crippen LogP contribution in [0.1, 0.15) is 24.5 Å². The Morgan fingerprint density at radius 2 is 2.39 bits per heavy atom. The minimum atomic E-state index is -0.429. The zero-order chi connectivity index (χ0) is 13.0. The molecule has 0 aliphatic carbocycles. The number of nitriles is 1. The van der Waals surface area contributed by atoms with Crippen LogP contribution in [0.3, 0.4) is 0 Å². The smallest absolute Gasteiger partial charge is 0.140 e. The summed E-state index contributed by atoms with van der Waals surface area (Å²) in [7, 11) is 0. The molecular weight excluding hydrogens is 247 g/mol. The highest BCUT2D eigenvalue weighted by Gasteiger charge is 2.19. The average molecular weight is 264 g/mol. The molecule has 0 saturated carbocycles. The van der Waals surface area contributed by atoms with Gasteiger partial charge in [-0.15, -0.1) is 0 Å². The lowest BCUT2D eigenvalue weighted by Crippen LogP contribution is -2.37. The van der Waals surface area contributed by atoms with E-state index in [1.807, 2.05) is 17.8 Å². The summed E-state index contributed by atoms with van der Waals surface area (Å²) < 4.78 is 13.2. The SMILES string of the molecule is CCC1CN(Cc2ccc(F)c(C#N)c2)CCS1. The van der Waals surface area contributed by atoms with Crippen LogP contribution in [-0.4, -0.2) is 29.0 Å². The molecule has 0 amide bonds. The molecule has 0 radical (unpaired) electrons. The van der Waals surface area contributed by atoms with Crippen molar-refractivity contribution in [3.8, 4) is 6.07 Å². The summed E-state index contributed by atoms with van der Waals surface area (Å²) in [6.07, 6.45) is 1.19. The van der Waals surface area contributed by atoms with Gasteiger partial charge in [0.2, 0.25) is 0 Å². The van der Waals surface area contributed by atoms with Gasteiger partial charge >= 0.3 is 0 Å². The van der Waals surface area contributed by atoms with E-state index in [0.717, 1.165) is 31.0 Å². The van der Waals surface area contributed by atoms with Gasteiger partial charge in [-0.2, -0.15) is 17.0 Å².